The fourth-order valence-electron chi connectivity index (χ4n) is 1.70. The van der Waals surface area contributed by atoms with Crippen LogP contribution in [0.3, 0.4) is 0 Å². The number of esters is 1. The van der Waals surface area contributed by atoms with Crippen LogP contribution in [-0.2, 0) is 9.53 Å². The number of aliphatic hydroxyl groups excluding tert-OH is 1. The molecule has 5 heteroatoms. The Labute approximate surface area is 103 Å². The molecule has 0 aromatic carbocycles. The van der Waals surface area contributed by atoms with E-state index in [1.807, 2.05) is 0 Å². The molecule has 2 rings (SSSR count). The van der Waals surface area contributed by atoms with Crippen molar-refractivity contribution in [3.8, 4) is 11.1 Å². The van der Waals surface area contributed by atoms with E-state index >= 15 is 0 Å². The minimum Gasteiger partial charge on any atom is -0.472 e. The average molecular weight is 255 g/mol. The summed E-state index contributed by atoms with van der Waals surface area (Å²) >= 11 is 5.83. The lowest BCUT2D eigenvalue weighted by molar-refractivity contribution is -0.142. The lowest BCUT2D eigenvalue weighted by Gasteiger charge is -2.15. The van der Waals surface area contributed by atoms with Crippen LogP contribution in [0.5, 0.6) is 0 Å². The van der Waals surface area contributed by atoms with Gasteiger partial charge in [0.2, 0.25) is 0 Å². The third-order valence-corrected chi connectivity index (χ3v) is 3.01. The third kappa shape index (κ3) is 2.14. The summed E-state index contributed by atoms with van der Waals surface area (Å²) in [6.45, 7) is 0. The maximum atomic E-state index is 11.3. The van der Waals surface area contributed by atoms with Gasteiger partial charge in [0.25, 0.3) is 0 Å². The molecule has 2 aliphatic rings. The van der Waals surface area contributed by atoms with Gasteiger partial charge >= 0.3 is 5.97 Å². The molecule has 2 unspecified atom stereocenters. The van der Waals surface area contributed by atoms with Crippen LogP contribution in [0.2, 0.25) is 0 Å². The Morgan fingerprint density at radius 3 is 2.94 bits per heavy atom. The van der Waals surface area contributed by atoms with Crippen molar-refractivity contribution in [1.29, 1.82) is 0 Å². The van der Waals surface area contributed by atoms with Crippen LogP contribution >= 0.6 is 11.6 Å². The van der Waals surface area contributed by atoms with Gasteiger partial charge < -0.3 is 14.3 Å². The molecule has 0 saturated heterocycles. The highest BCUT2D eigenvalue weighted by atomic mass is 35.5. The lowest BCUT2D eigenvalue weighted by atomic mass is 10.0. The number of aliphatic hydroxyl groups is 1. The Balaban J connectivity index is 2.31. The van der Waals surface area contributed by atoms with Crippen molar-refractivity contribution in [2.45, 2.75) is 11.5 Å². The molecule has 0 aromatic rings. The van der Waals surface area contributed by atoms with E-state index in [9.17, 15) is 9.90 Å². The van der Waals surface area contributed by atoms with E-state index in [1.54, 1.807) is 24.5 Å². The van der Waals surface area contributed by atoms with Crippen molar-refractivity contribution in [2.24, 2.45) is 0 Å². The molecule has 0 amide bonds. The summed E-state index contributed by atoms with van der Waals surface area (Å²) in [4.78, 5) is 11.3. The normalized spacial score (nSPS) is 14.5. The van der Waals surface area contributed by atoms with Gasteiger partial charge in [0.15, 0.2) is 5.38 Å². The molecule has 1 aliphatic heterocycles. The Morgan fingerprint density at radius 1 is 1.47 bits per heavy atom. The molecule has 0 radical (unpaired) electrons. The first-order valence-electron chi connectivity index (χ1n) is 5.00. The molecule has 2 atom stereocenters. The molecular formula is C12H11ClO4. The molecule has 0 aromatic heterocycles. The van der Waals surface area contributed by atoms with Crippen LogP contribution in [0.15, 0.2) is 35.1 Å². The van der Waals surface area contributed by atoms with Crippen LogP contribution < -0.4 is 0 Å². The lowest BCUT2D eigenvalue weighted by Crippen LogP contribution is -2.24. The maximum Gasteiger partial charge on any atom is 0.326 e. The fourth-order valence-corrected chi connectivity index (χ4v) is 1.92. The minimum absolute atomic E-state index is 0.584. The zero-order valence-corrected chi connectivity index (χ0v) is 9.85. The monoisotopic (exact) mass is 254 g/mol. The number of ether oxygens (including phenoxy) is 1. The van der Waals surface area contributed by atoms with Gasteiger partial charge in [-0.25, -0.2) is 0 Å². The summed E-state index contributed by atoms with van der Waals surface area (Å²) in [6.07, 6.45) is 1.95. The largest absolute Gasteiger partial charge is 0.472 e. The summed E-state index contributed by atoms with van der Waals surface area (Å²) in [5, 5.41) is 8.89. The van der Waals surface area contributed by atoms with Gasteiger partial charge in [0, 0.05) is 5.56 Å². The van der Waals surface area contributed by atoms with Crippen LogP contribution in [0.4, 0.5) is 0 Å². The smallest absolute Gasteiger partial charge is 0.326 e. The first-order chi connectivity index (χ1) is 8.15. The van der Waals surface area contributed by atoms with E-state index in [4.69, 9.17) is 16.0 Å². The van der Waals surface area contributed by atoms with Gasteiger partial charge in [-0.15, -0.1) is 11.6 Å². The zero-order chi connectivity index (χ0) is 12.4. The van der Waals surface area contributed by atoms with Crippen molar-refractivity contribution in [3.05, 3.63) is 36.3 Å². The predicted molar refractivity (Wildman–Crippen MR) is 61.9 cm³/mol. The van der Waals surface area contributed by atoms with Crippen LogP contribution in [0.1, 0.15) is 11.7 Å². The van der Waals surface area contributed by atoms with E-state index in [0.717, 1.165) is 11.1 Å². The molecular weight excluding hydrogens is 244 g/mol. The van der Waals surface area contributed by atoms with Crippen molar-refractivity contribution < 1.29 is 19.1 Å². The molecule has 17 heavy (non-hydrogen) atoms. The van der Waals surface area contributed by atoms with Gasteiger partial charge in [-0.2, -0.15) is 0 Å². The second kappa shape index (κ2) is 4.77. The van der Waals surface area contributed by atoms with Gasteiger partial charge in [-0.3, -0.25) is 4.79 Å². The predicted octanol–water partition coefficient (Wildman–Crippen LogP) is 2.20. The Hall–Kier alpha value is -1.52. The highest BCUT2D eigenvalue weighted by Gasteiger charge is 2.29. The first kappa shape index (κ1) is 12.0. The molecule has 1 N–H and O–H groups in total. The zero-order valence-electron chi connectivity index (χ0n) is 9.09. The van der Waals surface area contributed by atoms with E-state index in [-0.39, 0.29) is 0 Å². The van der Waals surface area contributed by atoms with Crippen molar-refractivity contribution in [1.82, 2.24) is 0 Å². The summed E-state index contributed by atoms with van der Waals surface area (Å²) < 4.78 is 9.50. The van der Waals surface area contributed by atoms with Crippen molar-refractivity contribution >= 4 is 17.6 Å². The number of hydrogen-bond acceptors (Lipinski definition) is 4. The number of fused-ring (bicyclic) bond motifs is 1. The summed E-state index contributed by atoms with van der Waals surface area (Å²) in [6, 6.07) is 5.22. The summed E-state index contributed by atoms with van der Waals surface area (Å²) in [5.41, 5.74) is 2.23. The second-order valence-electron chi connectivity index (χ2n) is 3.58. The standard InChI is InChI=1S/C12H11ClO4/c1-16-12(15)10(13)11(14)9-3-2-7-6-17-5-4-8(7)9/h2-6,10-11,14H,1H3. The number of methoxy groups -OCH3 is 1. The SMILES string of the molecule is COC(=O)C(Cl)C(O)c1ccc2coccc1-2. The van der Waals surface area contributed by atoms with Crippen LogP contribution in [-0.4, -0.2) is 23.6 Å². The van der Waals surface area contributed by atoms with Gasteiger partial charge in [-0.1, -0.05) is 12.1 Å². The van der Waals surface area contributed by atoms with Crippen LogP contribution in [0.25, 0.3) is 11.1 Å². The highest BCUT2D eigenvalue weighted by Crippen LogP contribution is 2.34. The number of hydrogen-bond donors (Lipinski definition) is 1. The fraction of sp³-hybridized carbons (Fsp3) is 0.250. The van der Waals surface area contributed by atoms with Gasteiger partial charge in [0.1, 0.15) is 6.10 Å². The Kier molecular flexibility index (Phi) is 3.36. The molecule has 1 heterocycles. The molecule has 0 saturated carbocycles. The molecule has 0 fully saturated rings. The maximum absolute atomic E-state index is 11.3. The Morgan fingerprint density at radius 2 is 2.24 bits per heavy atom. The molecule has 0 bridgehead atoms. The number of rotatable bonds is 3. The quantitative estimate of drug-likeness (QED) is 0.674. The Bertz CT molecular complexity index is 493. The minimum atomic E-state index is -1.12. The van der Waals surface area contributed by atoms with E-state index in [0.29, 0.717) is 5.56 Å². The molecule has 90 valence electrons. The molecule has 0 spiro atoms. The summed E-state index contributed by atoms with van der Waals surface area (Å²) in [5.74, 6) is -0.658. The van der Waals surface area contributed by atoms with E-state index < -0.39 is 17.5 Å². The summed E-state index contributed by atoms with van der Waals surface area (Å²) in [7, 11) is 1.23. The third-order valence-electron chi connectivity index (χ3n) is 2.59. The van der Waals surface area contributed by atoms with Crippen molar-refractivity contribution in [2.75, 3.05) is 7.11 Å². The number of carbonyl (C=O) groups is 1. The number of carbonyl (C=O) groups excluding carboxylic acids is 1. The molecule has 4 nitrogen and oxygen atoms in total. The number of halogens is 1. The average Bonchev–Trinajstić information content (AvgIpc) is 2.79. The van der Waals surface area contributed by atoms with Gasteiger partial charge in [0.05, 0.1) is 19.6 Å². The van der Waals surface area contributed by atoms with Gasteiger partial charge in [-0.05, 0) is 17.2 Å². The van der Waals surface area contributed by atoms with Crippen molar-refractivity contribution in [3.63, 3.8) is 0 Å². The van der Waals surface area contributed by atoms with E-state index in [2.05, 4.69) is 4.74 Å². The second-order valence-corrected chi connectivity index (χ2v) is 4.05. The van der Waals surface area contributed by atoms with E-state index in [1.165, 1.54) is 13.4 Å². The first-order valence-corrected chi connectivity index (χ1v) is 5.43. The molecule has 1 aliphatic carbocycles. The van der Waals surface area contributed by atoms with Crippen LogP contribution in [0, 0.1) is 0 Å². The number of alkyl halides is 1. The topological polar surface area (TPSA) is 59.7 Å². The highest BCUT2D eigenvalue weighted by molar-refractivity contribution is 6.30.